The molecule has 1 aromatic rings. The maximum absolute atomic E-state index is 11.2. The van der Waals surface area contributed by atoms with E-state index < -0.39 is 0 Å². The molecule has 0 unspecified atom stereocenters. The molecule has 0 aliphatic carbocycles. The zero-order chi connectivity index (χ0) is 9.14. The summed E-state index contributed by atoms with van der Waals surface area (Å²) in [6, 6.07) is 6.04. The van der Waals surface area contributed by atoms with E-state index in [1.165, 1.54) is 0 Å². The first-order valence-electron chi connectivity index (χ1n) is 4.25. The molecule has 0 amide bonds. The lowest BCUT2D eigenvalue weighted by Gasteiger charge is -2.04. The third-order valence-electron chi connectivity index (χ3n) is 2.03. The lowest BCUT2D eigenvalue weighted by atomic mass is 9.90. The van der Waals surface area contributed by atoms with Gasteiger partial charge in [0, 0.05) is 5.56 Å². The van der Waals surface area contributed by atoms with Gasteiger partial charge in [-0.2, -0.15) is 0 Å². The van der Waals surface area contributed by atoms with Crippen LogP contribution in [0.3, 0.4) is 0 Å². The summed E-state index contributed by atoms with van der Waals surface area (Å²) >= 11 is 0. The van der Waals surface area contributed by atoms with Gasteiger partial charge < -0.3 is 0 Å². The Morgan fingerprint density at radius 1 is 1.50 bits per heavy atom. The topological polar surface area (TPSA) is 17.1 Å². The van der Waals surface area contributed by atoms with Crippen LogP contribution in [-0.4, -0.2) is 13.6 Å². The highest BCUT2D eigenvalue weighted by Crippen LogP contribution is 2.08. The predicted octanol–water partition coefficient (Wildman–Crippen LogP) is 0.710. The van der Waals surface area contributed by atoms with Crippen LogP contribution in [0.2, 0.25) is 0 Å². The molecule has 62 valence electrons. The highest BCUT2D eigenvalue weighted by atomic mass is 16.1. The van der Waals surface area contributed by atoms with Crippen molar-refractivity contribution in [1.82, 2.24) is 0 Å². The molecule has 0 bridgehead atoms. The van der Waals surface area contributed by atoms with Crippen molar-refractivity contribution in [2.45, 2.75) is 20.3 Å². The first-order valence-corrected chi connectivity index (χ1v) is 4.25. The molecule has 0 heterocycles. The van der Waals surface area contributed by atoms with Crippen molar-refractivity contribution in [3.63, 3.8) is 0 Å². The van der Waals surface area contributed by atoms with E-state index in [4.69, 9.17) is 0 Å². The number of carbonyl (C=O) groups excluding carboxylic acids is 1. The lowest BCUT2D eigenvalue weighted by Crippen LogP contribution is -2.08. The van der Waals surface area contributed by atoms with Gasteiger partial charge in [-0.05, 0) is 18.9 Å². The van der Waals surface area contributed by atoms with Gasteiger partial charge in [-0.25, -0.2) is 0 Å². The summed E-state index contributed by atoms with van der Waals surface area (Å²) in [6.07, 6.45) is 0.926. The molecule has 0 atom stereocenters. The Kier molecular flexibility index (Phi) is 2.69. The SMILES string of the molecule is Bc1ccc(CC)c(C(C)=O)c1. The second kappa shape index (κ2) is 3.57. The van der Waals surface area contributed by atoms with Crippen molar-refractivity contribution in [1.29, 1.82) is 0 Å². The number of hydrogen-bond donors (Lipinski definition) is 0. The van der Waals surface area contributed by atoms with Gasteiger partial charge in [0.15, 0.2) is 5.78 Å². The van der Waals surface area contributed by atoms with Gasteiger partial charge >= 0.3 is 0 Å². The number of hydrogen-bond acceptors (Lipinski definition) is 1. The Bertz CT molecular complexity index is 305. The second-order valence-corrected chi connectivity index (χ2v) is 3.07. The standard InChI is InChI=1S/C10H13BO/c1-3-8-4-5-9(11)6-10(8)7(2)12/h4-6H,3,11H2,1-2H3. The van der Waals surface area contributed by atoms with Crippen molar-refractivity contribution in [3.05, 3.63) is 29.3 Å². The number of aryl methyl sites for hydroxylation is 1. The highest BCUT2D eigenvalue weighted by Gasteiger charge is 2.04. The van der Waals surface area contributed by atoms with Crippen LogP contribution < -0.4 is 5.46 Å². The predicted molar refractivity (Wildman–Crippen MR) is 54.0 cm³/mol. The van der Waals surface area contributed by atoms with E-state index in [9.17, 15) is 4.79 Å². The highest BCUT2D eigenvalue weighted by molar-refractivity contribution is 6.32. The minimum atomic E-state index is 0.163. The number of benzene rings is 1. The number of Topliss-reactive ketones (excluding diaryl/α,β-unsaturated/α-hetero) is 1. The molecular weight excluding hydrogens is 147 g/mol. The lowest BCUT2D eigenvalue weighted by molar-refractivity contribution is 0.101. The second-order valence-electron chi connectivity index (χ2n) is 3.07. The van der Waals surface area contributed by atoms with E-state index in [1.807, 2.05) is 26.0 Å². The fourth-order valence-electron chi connectivity index (χ4n) is 1.33. The summed E-state index contributed by atoms with van der Waals surface area (Å²) in [5.41, 5.74) is 3.17. The van der Waals surface area contributed by atoms with E-state index in [-0.39, 0.29) is 5.78 Å². The largest absolute Gasteiger partial charge is 0.295 e. The van der Waals surface area contributed by atoms with Gasteiger partial charge in [-0.1, -0.05) is 30.6 Å². The van der Waals surface area contributed by atoms with Crippen molar-refractivity contribution in [2.24, 2.45) is 0 Å². The van der Waals surface area contributed by atoms with Crippen LogP contribution in [0.15, 0.2) is 18.2 Å². The monoisotopic (exact) mass is 160 g/mol. The third-order valence-corrected chi connectivity index (χ3v) is 2.03. The van der Waals surface area contributed by atoms with Gasteiger partial charge in [-0.15, -0.1) is 0 Å². The summed E-state index contributed by atoms with van der Waals surface area (Å²) in [5, 5.41) is 0. The molecule has 1 nitrogen and oxygen atoms in total. The van der Waals surface area contributed by atoms with Crippen LogP contribution >= 0.6 is 0 Å². The molecule has 2 heteroatoms. The Hall–Kier alpha value is -1.05. The Morgan fingerprint density at radius 2 is 2.17 bits per heavy atom. The summed E-state index contributed by atoms with van der Waals surface area (Å²) < 4.78 is 0. The number of carbonyl (C=O) groups is 1. The van der Waals surface area contributed by atoms with Crippen LogP contribution in [0, 0.1) is 0 Å². The van der Waals surface area contributed by atoms with Crippen molar-refractivity contribution >= 4 is 19.1 Å². The third kappa shape index (κ3) is 1.76. The van der Waals surface area contributed by atoms with Gasteiger partial charge in [0.05, 0.1) is 0 Å². The molecule has 0 radical (unpaired) electrons. The Labute approximate surface area is 74.2 Å². The van der Waals surface area contributed by atoms with Gasteiger partial charge in [0.1, 0.15) is 7.85 Å². The molecule has 0 saturated carbocycles. The maximum atomic E-state index is 11.2. The van der Waals surface area contributed by atoms with E-state index in [0.717, 1.165) is 23.0 Å². The van der Waals surface area contributed by atoms with E-state index in [2.05, 4.69) is 6.92 Å². The quantitative estimate of drug-likeness (QED) is 0.460. The molecule has 0 aliphatic heterocycles. The van der Waals surface area contributed by atoms with Gasteiger partial charge in [-0.3, -0.25) is 4.79 Å². The smallest absolute Gasteiger partial charge is 0.160 e. The Morgan fingerprint density at radius 3 is 2.67 bits per heavy atom. The van der Waals surface area contributed by atoms with Crippen LogP contribution in [0.5, 0.6) is 0 Å². The van der Waals surface area contributed by atoms with Crippen LogP contribution in [-0.2, 0) is 6.42 Å². The van der Waals surface area contributed by atoms with Crippen LogP contribution in [0.4, 0.5) is 0 Å². The maximum Gasteiger partial charge on any atom is 0.160 e. The first-order chi connectivity index (χ1) is 5.65. The number of rotatable bonds is 2. The van der Waals surface area contributed by atoms with E-state index in [1.54, 1.807) is 6.92 Å². The van der Waals surface area contributed by atoms with Crippen molar-refractivity contribution in [3.8, 4) is 0 Å². The summed E-state index contributed by atoms with van der Waals surface area (Å²) in [5.74, 6) is 0.163. The van der Waals surface area contributed by atoms with E-state index in [0.29, 0.717) is 0 Å². The van der Waals surface area contributed by atoms with Gasteiger partial charge in [0.2, 0.25) is 0 Å². The molecule has 0 N–H and O–H groups in total. The molecule has 0 aromatic heterocycles. The summed E-state index contributed by atoms with van der Waals surface area (Å²) in [6.45, 7) is 3.69. The van der Waals surface area contributed by atoms with Crippen molar-refractivity contribution < 1.29 is 4.79 Å². The minimum Gasteiger partial charge on any atom is -0.295 e. The minimum absolute atomic E-state index is 0.163. The molecule has 1 aromatic carbocycles. The molecule has 1 rings (SSSR count). The normalized spacial score (nSPS) is 9.83. The fraction of sp³-hybridized carbons (Fsp3) is 0.300. The molecule has 0 spiro atoms. The zero-order valence-electron chi connectivity index (χ0n) is 7.85. The van der Waals surface area contributed by atoms with Crippen molar-refractivity contribution in [2.75, 3.05) is 0 Å². The molecular formula is C10H13BO. The molecule has 0 fully saturated rings. The van der Waals surface area contributed by atoms with Crippen LogP contribution in [0.1, 0.15) is 29.8 Å². The summed E-state index contributed by atoms with van der Waals surface area (Å²) in [4.78, 5) is 11.2. The molecule has 12 heavy (non-hydrogen) atoms. The average Bonchev–Trinajstić information content (AvgIpc) is 2.04. The van der Waals surface area contributed by atoms with E-state index >= 15 is 0 Å². The fourth-order valence-corrected chi connectivity index (χ4v) is 1.33. The van der Waals surface area contributed by atoms with Crippen LogP contribution in [0.25, 0.3) is 0 Å². The molecule has 0 aliphatic rings. The van der Waals surface area contributed by atoms with Gasteiger partial charge in [0.25, 0.3) is 0 Å². The average molecular weight is 160 g/mol. The molecule has 0 saturated heterocycles. The summed E-state index contributed by atoms with van der Waals surface area (Å²) in [7, 11) is 2.01. The zero-order valence-corrected chi connectivity index (χ0v) is 7.85. The Balaban J connectivity index is 3.21. The first kappa shape index (κ1) is 9.05. The number of ketones is 1.